The summed E-state index contributed by atoms with van der Waals surface area (Å²) in [6, 6.07) is 11.4. The highest BCUT2D eigenvalue weighted by Gasteiger charge is 2.34. The molecule has 1 aliphatic heterocycles. The van der Waals surface area contributed by atoms with E-state index < -0.39 is 5.60 Å². The minimum atomic E-state index is -0.468. The molecular weight excluding hydrogens is 390 g/mol. The summed E-state index contributed by atoms with van der Waals surface area (Å²) in [5.74, 6) is 0.807. The fourth-order valence-electron chi connectivity index (χ4n) is 3.89. The maximum absolute atomic E-state index is 12.5. The van der Waals surface area contributed by atoms with Gasteiger partial charge in [-0.1, -0.05) is 30.3 Å². The Bertz CT molecular complexity index is 719. The largest absolute Gasteiger partial charge is 0.444 e. The Morgan fingerprint density at radius 2 is 1.84 bits per heavy atom. The monoisotopic (exact) mass is 429 g/mol. The number of amides is 1. The highest BCUT2D eigenvalue weighted by molar-refractivity contribution is 5.80. The molecule has 0 aromatic heterocycles. The van der Waals surface area contributed by atoms with Gasteiger partial charge in [-0.05, 0) is 52.0 Å². The number of nitrogens with zero attached hydrogens (tertiary/aromatic N) is 3. The predicted octanol–water partition coefficient (Wildman–Crippen LogP) is 3.22. The van der Waals surface area contributed by atoms with Crippen LogP contribution in [-0.4, -0.2) is 72.8 Å². The molecular formula is C24H39N5O2. The molecule has 7 nitrogen and oxygen atoms in total. The molecule has 0 atom stereocenters. The van der Waals surface area contributed by atoms with Crippen molar-refractivity contribution in [2.24, 2.45) is 4.99 Å². The molecule has 172 valence electrons. The zero-order valence-corrected chi connectivity index (χ0v) is 19.6. The van der Waals surface area contributed by atoms with Crippen LogP contribution in [0.3, 0.4) is 0 Å². The van der Waals surface area contributed by atoms with Gasteiger partial charge in [-0.2, -0.15) is 0 Å². The lowest BCUT2D eigenvalue weighted by Gasteiger charge is -2.33. The van der Waals surface area contributed by atoms with Crippen LogP contribution < -0.4 is 10.6 Å². The lowest BCUT2D eigenvalue weighted by atomic mass is 10.0. The first kappa shape index (κ1) is 23.4. The van der Waals surface area contributed by atoms with Crippen LogP contribution >= 0.6 is 0 Å². The number of nitrogens with one attached hydrogen (secondary N) is 2. The molecule has 1 aromatic rings. The van der Waals surface area contributed by atoms with Crippen LogP contribution in [0.4, 0.5) is 4.79 Å². The van der Waals surface area contributed by atoms with Gasteiger partial charge in [0.15, 0.2) is 5.96 Å². The summed E-state index contributed by atoms with van der Waals surface area (Å²) in [6.45, 7) is 10.2. The van der Waals surface area contributed by atoms with Crippen LogP contribution in [0.2, 0.25) is 0 Å². The number of likely N-dealkylation sites (tertiary alicyclic amines) is 1. The average molecular weight is 430 g/mol. The Hall–Kier alpha value is -2.28. The number of guanidine groups is 1. The molecule has 1 amide bonds. The van der Waals surface area contributed by atoms with Crippen molar-refractivity contribution in [3.05, 3.63) is 35.9 Å². The highest BCUT2D eigenvalue weighted by atomic mass is 16.6. The van der Waals surface area contributed by atoms with Crippen LogP contribution in [0.5, 0.6) is 0 Å². The fourth-order valence-corrected chi connectivity index (χ4v) is 3.89. The Kier molecular flexibility index (Phi) is 8.18. The molecule has 1 saturated carbocycles. The van der Waals surface area contributed by atoms with E-state index in [2.05, 4.69) is 50.9 Å². The molecule has 2 aliphatic rings. The molecule has 0 radical (unpaired) electrons. The smallest absolute Gasteiger partial charge is 0.410 e. The summed E-state index contributed by atoms with van der Waals surface area (Å²) < 4.78 is 5.57. The second-order valence-corrected chi connectivity index (χ2v) is 9.58. The van der Waals surface area contributed by atoms with E-state index >= 15 is 0 Å². The number of carbonyl (C=O) groups is 1. The molecule has 7 heteroatoms. The van der Waals surface area contributed by atoms with Gasteiger partial charge >= 0.3 is 6.09 Å². The summed E-state index contributed by atoms with van der Waals surface area (Å²) >= 11 is 0. The van der Waals surface area contributed by atoms with E-state index in [1.165, 1.54) is 5.56 Å². The Morgan fingerprint density at radius 1 is 1.16 bits per heavy atom. The van der Waals surface area contributed by atoms with Crippen LogP contribution in [0.1, 0.15) is 52.0 Å². The third-order valence-corrected chi connectivity index (χ3v) is 5.66. The van der Waals surface area contributed by atoms with Crippen LogP contribution in [0.15, 0.2) is 35.3 Å². The third kappa shape index (κ3) is 8.05. The van der Waals surface area contributed by atoms with Crippen LogP contribution in [0, 0.1) is 0 Å². The zero-order chi connectivity index (χ0) is 22.3. The maximum Gasteiger partial charge on any atom is 0.410 e. The molecule has 31 heavy (non-hydrogen) atoms. The summed E-state index contributed by atoms with van der Waals surface area (Å²) in [7, 11) is 1.80. The third-order valence-electron chi connectivity index (χ3n) is 5.66. The van der Waals surface area contributed by atoms with E-state index in [4.69, 9.17) is 4.74 Å². The highest BCUT2D eigenvalue weighted by Crippen LogP contribution is 2.28. The Morgan fingerprint density at radius 3 is 2.42 bits per heavy atom. The molecule has 0 bridgehead atoms. The number of hydrogen-bond acceptors (Lipinski definition) is 4. The number of rotatable bonds is 7. The van der Waals surface area contributed by atoms with Gasteiger partial charge in [0, 0.05) is 51.9 Å². The molecule has 1 heterocycles. The Labute approximate surface area is 187 Å². The minimum Gasteiger partial charge on any atom is -0.444 e. The van der Waals surface area contributed by atoms with Crippen molar-refractivity contribution in [3.63, 3.8) is 0 Å². The molecule has 0 unspecified atom stereocenters. The van der Waals surface area contributed by atoms with Crippen molar-refractivity contribution < 1.29 is 9.53 Å². The average Bonchev–Trinajstić information content (AvgIpc) is 3.56. The lowest BCUT2D eigenvalue weighted by Crippen LogP contribution is -2.50. The summed E-state index contributed by atoms with van der Waals surface area (Å²) in [5.41, 5.74) is 0.904. The SMILES string of the molecule is CN=C(NCCN(C(=O)OC(C)(C)C)C1CC1)NC1CCN(Cc2ccccc2)CC1. The number of hydrogen-bond donors (Lipinski definition) is 2. The number of benzene rings is 1. The fraction of sp³-hybridized carbons (Fsp3) is 0.667. The van der Waals surface area contributed by atoms with Gasteiger partial charge in [-0.3, -0.25) is 9.89 Å². The van der Waals surface area contributed by atoms with E-state index in [1.807, 2.05) is 25.7 Å². The van der Waals surface area contributed by atoms with Crippen molar-refractivity contribution in [2.45, 2.75) is 70.7 Å². The van der Waals surface area contributed by atoms with Gasteiger partial charge in [0.25, 0.3) is 0 Å². The predicted molar refractivity (Wildman–Crippen MR) is 125 cm³/mol. The second-order valence-electron chi connectivity index (χ2n) is 9.58. The van der Waals surface area contributed by atoms with Gasteiger partial charge < -0.3 is 20.3 Å². The molecule has 1 aromatic carbocycles. The molecule has 0 spiro atoms. The molecule has 1 aliphatic carbocycles. The van der Waals surface area contributed by atoms with Gasteiger partial charge in [0.2, 0.25) is 0 Å². The number of carbonyl (C=O) groups excluding carboxylic acids is 1. The number of ether oxygens (including phenoxy) is 1. The quantitative estimate of drug-likeness (QED) is 0.515. The summed E-state index contributed by atoms with van der Waals surface area (Å²) in [6.07, 6.45) is 4.10. The maximum atomic E-state index is 12.5. The van der Waals surface area contributed by atoms with Crippen molar-refractivity contribution in [3.8, 4) is 0 Å². The number of aliphatic imine (C=N–C) groups is 1. The van der Waals surface area contributed by atoms with E-state index in [1.54, 1.807) is 7.05 Å². The number of piperidine rings is 1. The normalized spacial score (nSPS) is 18.5. The molecule has 2 N–H and O–H groups in total. The van der Waals surface area contributed by atoms with Gasteiger partial charge in [-0.15, -0.1) is 0 Å². The van der Waals surface area contributed by atoms with Gasteiger partial charge in [-0.25, -0.2) is 4.79 Å². The minimum absolute atomic E-state index is 0.217. The second kappa shape index (κ2) is 10.8. The standard InChI is InChI=1S/C24H39N5O2/c1-24(2,3)31-23(30)29(21-10-11-21)17-14-26-22(25-4)27-20-12-15-28(16-13-20)18-19-8-6-5-7-9-19/h5-9,20-21H,10-18H2,1-4H3,(H2,25,26,27). The van der Waals surface area contributed by atoms with Crippen molar-refractivity contribution in [2.75, 3.05) is 33.2 Å². The molecule has 3 rings (SSSR count). The van der Waals surface area contributed by atoms with Crippen LogP contribution in [-0.2, 0) is 11.3 Å². The van der Waals surface area contributed by atoms with E-state index in [9.17, 15) is 4.79 Å². The topological polar surface area (TPSA) is 69.2 Å². The molecule has 2 fully saturated rings. The first-order valence-corrected chi connectivity index (χ1v) is 11.6. The van der Waals surface area contributed by atoms with Crippen molar-refractivity contribution in [1.82, 2.24) is 20.4 Å². The molecule has 1 saturated heterocycles. The summed E-state index contributed by atoms with van der Waals surface area (Å²) in [4.78, 5) is 21.2. The van der Waals surface area contributed by atoms with Crippen molar-refractivity contribution >= 4 is 12.1 Å². The van der Waals surface area contributed by atoms with E-state index in [-0.39, 0.29) is 6.09 Å². The zero-order valence-electron chi connectivity index (χ0n) is 19.6. The van der Waals surface area contributed by atoms with E-state index in [0.29, 0.717) is 25.2 Å². The first-order chi connectivity index (χ1) is 14.8. The van der Waals surface area contributed by atoms with Crippen molar-refractivity contribution in [1.29, 1.82) is 0 Å². The van der Waals surface area contributed by atoms with E-state index in [0.717, 1.165) is 51.3 Å². The van der Waals surface area contributed by atoms with Crippen LogP contribution in [0.25, 0.3) is 0 Å². The lowest BCUT2D eigenvalue weighted by molar-refractivity contribution is 0.0237. The first-order valence-electron chi connectivity index (χ1n) is 11.6. The summed E-state index contributed by atoms with van der Waals surface area (Å²) in [5, 5.41) is 6.93. The van der Waals surface area contributed by atoms with Gasteiger partial charge in [0.1, 0.15) is 5.60 Å². The Balaban J connectivity index is 1.38. The van der Waals surface area contributed by atoms with Gasteiger partial charge in [0.05, 0.1) is 0 Å².